The molecule has 82 valence electrons. The summed E-state index contributed by atoms with van der Waals surface area (Å²) in [7, 11) is 0. The molecule has 0 aliphatic heterocycles. The van der Waals surface area contributed by atoms with Crippen LogP contribution in [-0.2, 0) is 0 Å². The Kier molecular flexibility index (Phi) is 2.17. The topological polar surface area (TPSA) is 83.8 Å². The molecule has 1 amide bonds. The van der Waals surface area contributed by atoms with Crippen LogP contribution in [0.3, 0.4) is 0 Å². The molecule has 15 heavy (non-hydrogen) atoms. The standard InChI is InChI=1S/C10H16N4O/c1-6-7(11)8(14-13-6)9(15)12-5-10(2)3-4-10/h3-5,11H2,1-2H3,(H,12,15)(H,13,14). The highest BCUT2D eigenvalue weighted by molar-refractivity contribution is 5.97. The molecule has 1 heterocycles. The number of hydrogen-bond acceptors (Lipinski definition) is 3. The zero-order valence-corrected chi connectivity index (χ0v) is 9.05. The number of nitrogens with zero attached hydrogens (tertiary/aromatic N) is 1. The molecule has 0 radical (unpaired) electrons. The summed E-state index contributed by atoms with van der Waals surface area (Å²) < 4.78 is 0. The number of aromatic amines is 1. The molecule has 1 fully saturated rings. The van der Waals surface area contributed by atoms with Crippen molar-refractivity contribution in [1.82, 2.24) is 15.5 Å². The SMILES string of the molecule is Cc1[nH]nc(C(=O)NCC2(C)CC2)c1N. The van der Waals surface area contributed by atoms with E-state index in [0.717, 1.165) is 5.69 Å². The van der Waals surface area contributed by atoms with Gasteiger partial charge in [0, 0.05) is 6.54 Å². The van der Waals surface area contributed by atoms with E-state index < -0.39 is 0 Å². The first kappa shape index (κ1) is 10.0. The van der Waals surface area contributed by atoms with Gasteiger partial charge >= 0.3 is 0 Å². The van der Waals surface area contributed by atoms with E-state index in [1.165, 1.54) is 12.8 Å². The number of amides is 1. The van der Waals surface area contributed by atoms with Crippen LogP contribution in [0.4, 0.5) is 5.69 Å². The lowest BCUT2D eigenvalue weighted by Crippen LogP contribution is -2.29. The van der Waals surface area contributed by atoms with Crippen LogP contribution in [0.25, 0.3) is 0 Å². The molecule has 2 rings (SSSR count). The van der Waals surface area contributed by atoms with E-state index in [0.29, 0.717) is 23.3 Å². The first-order chi connectivity index (χ1) is 7.02. The van der Waals surface area contributed by atoms with Crippen LogP contribution in [0.2, 0.25) is 0 Å². The van der Waals surface area contributed by atoms with Gasteiger partial charge in [-0.3, -0.25) is 9.89 Å². The molecule has 1 aliphatic carbocycles. The summed E-state index contributed by atoms with van der Waals surface area (Å²) in [5.74, 6) is -0.190. The quantitative estimate of drug-likeness (QED) is 0.688. The summed E-state index contributed by atoms with van der Waals surface area (Å²) in [6.45, 7) is 4.66. The number of aryl methyl sites for hydroxylation is 1. The number of carbonyl (C=O) groups excluding carboxylic acids is 1. The van der Waals surface area contributed by atoms with Gasteiger partial charge in [-0.05, 0) is 25.2 Å². The Labute approximate surface area is 88.4 Å². The third kappa shape index (κ3) is 1.95. The number of nitrogens with two attached hydrogens (primary N) is 1. The Morgan fingerprint density at radius 3 is 2.80 bits per heavy atom. The molecular formula is C10H16N4O. The van der Waals surface area contributed by atoms with Crippen molar-refractivity contribution in [2.24, 2.45) is 5.41 Å². The predicted molar refractivity (Wildman–Crippen MR) is 57.4 cm³/mol. The molecule has 4 N–H and O–H groups in total. The fourth-order valence-corrected chi connectivity index (χ4v) is 1.38. The molecule has 1 saturated carbocycles. The number of aromatic nitrogens is 2. The van der Waals surface area contributed by atoms with Gasteiger partial charge in [0.05, 0.1) is 11.4 Å². The molecule has 1 aliphatic rings. The van der Waals surface area contributed by atoms with Gasteiger partial charge in [-0.25, -0.2) is 0 Å². The maximum absolute atomic E-state index is 11.7. The second-order valence-corrected chi connectivity index (χ2v) is 4.60. The smallest absolute Gasteiger partial charge is 0.273 e. The molecule has 0 spiro atoms. The summed E-state index contributed by atoms with van der Waals surface area (Å²) in [4.78, 5) is 11.7. The van der Waals surface area contributed by atoms with Gasteiger partial charge in [-0.15, -0.1) is 0 Å². The van der Waals surface area contributed by atoms with Crippen molar-refractivity contribution in [3.8, 4) is 0 Å². The first-order valence-corrected chi connectivity index (χ1v) is 5.10. The summed E-state index contributed by atoms with van der Waals surface area (Å²) >= 11 is 0. The van der Waals surface area contributed by atoms with Crippen LogP contribution in [0.15, 0.2) is 0 Å². The second-order valence-electron chi connectivity index (χ2n) is 4.60. The van der Waals surface area contributed by atoms with Crippen LogP contribution in [0, 0.1) is 12.3 Å². The van der Waals surface area contributed by atoms with Crippen LogP contribution in [0.1, 0.15) is 35.9 Å². The van der Waals surface area contributed by atoms with Crippen LogP contribution in [-0.4, -0.2) is 22.6 Å². The number of hydrogen-bond donors (Lipinski definition) is 3. The van der Waals surface area contributed by atoms with Crippen molar-refractivity contribution < 1.29 is 4.79 Å². The van der Waals surface area contributed by atoms with Gasteiger partial charge in [-0.1, -0.05) is 6.92 Å². The Bertz CT molecular complexity index is 392. The van der Waals surface area contributed by atoms with E-state index in [-0.39, 0.29) is 5.91 Å². The van der Waals surface area contributed by atoms with Crippen molar-refractivity contribution >= 4 is 11.6 Å². The number of nitrogens with one attached hydrogen (secondary N) is 2. The highest BCUT2D eigenvalue weighted by Gasteiger charge is 2.37. The van der Waals surface area contributed by atoms with E-state index in [4.69, 9.17) is 5.73 Å². The van der Waals surface area contributed by atoms with E-state index >= 15 is 0 Å². The summed E-state index contributed by atoms with van der Waals surface area (Å²) in [5.41, 5.74) is 7.48. The van der Waals surface area contributed by atoms with Gasteiger partial charge < -0.3 is 11.1 Å². The monoisotopic (exact) mass is 208 g/mol. The average molecular weight is 208 g/mol. The highest BCUT2D eigenvalue weighted by atomic mass is 16.1. The van der Waals surface area contributed by atoms with Crippen LogP contribution in [0.5, 0.6) is 0 Å². The molecule has 1 aromatic heterocycles. The molecule has 5 nitrogen and oxygen atoms in total. The van der Waals surface area contributed by atoms with Gasteiger partial charge in [-0.2, -0.15) is 5.10 Å². The molecule has 0 bridgehead atoms. The van der Waals surface area contributed by atoms with Crippen molar-refractivity contribution in [3.05, 3.63) is 11.4 Å². The minimum atomic E-state index is -0.190. The summed E-state index contributed by atoms with van der Waals surface area (Å²) in [6, 6.07) is 0. The molecule has 0 unspecified atom stereocenters. The second kappa shape index (κ2) is 3.25. The Morgan fingerprint density at radius 1 is 1.67 bits per heavy atom. The van der Waals surface area contributed by atoms with Crippen LogP contribution < -0.4 is 11.1 Å². The Hall–Kier alpha value is -1.52. The number of rotatable bonds is 3. The number of anilines is 1. The summed E-state index contributed by atoms with van der Waals surface area (Å²) in [6.07, 6.45) is 2.37. The van der Waals surface area contributed by atoms with Gasteiger partial charge in [0.1, 0.15) is 0 Å². The fraction of sp³-hybridized carbons (Fsp3) is 0.600. The number of carbonyl (C=O) groups is 1. The van der Waals surface area contributed by atoms with Crippen LogP contribution >= 0.6 is 0 Å². The molecule has 1 aromatic rings. The zero-order valence-electron chi connectivity index (χ0n) is 9.05. The van der Waals surface area contributed by atoms with Gasteiger partial charge in [0.15, 0.2) is 5.69 Å². The fourth-order valence-electron chi connectivity index (χ4n) is 1.38. The van der Waals surface area contributed by atoms with Crippen molar-refractivity contribution in [2.45, 2.75) is 26.7 Å². The minimum absolute atomic E-state index is 0.190. The lowest BCUT2D eigenvalue weighted by Gasteiger charge is -2.08. The van der Waals surface area contributed by atoms with Gasteiger partial charge in [0.25, 0.3) is 5.91 Å². The zero-order chi connectivity index (χ0) is 11.1. The van der Waals surface area contributed by atoms with Gasteiger partial charge in [0.2, 0.25) is 0 Å². The predicted octanol–water partition coefficient (Wildman–Crippen LogP) is 0.830. The van der Waals surface area contributed by atoms with E-state index in [1.807, 2.05) is 0 Å². The molecule has 0 atom stereocenters. The van der Waals surface area contributed by atoms with Crippen molar-refractivity contribution in [1.29, 1.82) is 0 Å². The third-order valence-corrected chi connectivity index (χ3v) is 2.99. The maximum atomic E-state index is 11.7. The number of nitrogen functional groups attached to an aromatic ring is 1. The van der Waals surface area contributed by atoms with Crippen molar-refractivity contribution in [3.63, 3.8) is 0 Å². The lowest BCUT2D eigenvalue weighted by atomic mass is 10.1. The molecular weight excluding hydrogens is 192 g/mol. The first-order valence-electron chi connectivity index (χ1n) is 5.10. The highest BCUT2D eigenvalue weighted by Crippen LogP contribution is 2.44. The average Bonchev–Trinajstić information content (AvgIpc) is 2.85. The molecule has 0 aromatic carbocycles. The lowest BCUT2D eigenvalue weighted by molar-refractivity contribution is 0.0942. The molecule has 5 heteroatoms. The van der Waals surface area contributed by atoms with Crippen molar-refractivity contribution in [2.75, 3.05) is 12.3 Å². The largest absolute Gasteiger partial charge is 0.395 e. The Balaban J connectivity index is 1.98. The maximum Gasteiger partial charge on any atom is 0.273 e. The molecule has 0 saturated heterocycles. The van der Waals surface area contributed by atoms with E-state index in [1.54, 1.807) is 6.92 Å². The van der Waals surface area contributed by atoms with E-state index in [2.05, 4.69) is 22.4 Å². The number of H-pyrrole nitrogens is 1. The summed E-state index contributed by atoms with van der Waals surface area (Å²) in [5, 5.41) is 9.42. The normalized spacial score (nSPS) is 17.5. The minimum Gasteiger partial charge on any atom is -0.395 e. The Morgan fingerprint density at radius 2 is 2.33 bits per heavy atom. The third-order valence-electron chi connectivity index (χ3n) is 2.99. The van der Waals surface area contributed by atoms with E-state index in [9.17, 15) is 4.79 Å².